The number of nitrogen functional groups attached to an aromatic ring is 1. The van der Waals surface area contributed by atoms with Gasteiger partial charge in [0.05, 0.1) is 4.90 Å². The standard InChI is InChI=1S/C14H21BrN2O2S/c1-2-11-4-3-8-17(9-7-11)20(18,19)14-10-12(16)5-6-13(14)15/h5-6,10-11H,2-4,7-9,16H2,1H3. The van der Waals surface area contributed by atoms with Crippen molar-refractivity contribution < 1.29 is 8.42 Å². The number of hydrogen-bond acceptors (Lipinski definition) is 3. The van der Waals surface area contributed by atoms with Gasteiger partial charge in [-0.1, -0.05) is 13.3 Å². The van der Waals surface area contributed by atoms with E-state index in [4.69, 9.17) is 5.73 Å². The fourth-order valence-corrected chi connectivity index (χ4v) is 5.10. The highest BCUT2D eigenvalue weighted by atomic mass is 79.9. The largest absolute Gasteiger partial charge is 0.399 e. The van der Waals surface area contributed by atoms with Gasteiger partial charge in [-0.05, 0) is 59.3 Å². The minimum Gasteiger partial charge on any atom is -0.399 e. The second kappa shape index (κ2) is 6.45. The molecule has 2 N–H and O–H groups in total. The molecule has 1 unspecified atom stereocenters. The lowest BCUT2D eigenvalue weighted by molar-refractivity contribution is 0.407. The number of rotatable bonds is 3. The molecule has 0 aliphatic carbocycles. The van der Waals surface area contributed by atoms with E-state index in [1.807, 2.05) is 0 Å². The molecule has 1 aliphatic rings. The first-order valence-corrected chi connectivity index (χ1v) is 9.23. The van der Waals surface area contributed by atoms with Crippen molar-refractivity contribution in [3.63, 3.8) is 0 Å². The second-order valence-electron chi connectivity index (χ2n) is 5.30. The van der Waals surface area contributed by atoms with Crippen molar-refractivity contribution in [3.05, 3.63) is 22.7 Å². The van der Waals surface area contributed by atoms with E-state index < -0.39 is 10.0 Å². The van der Waals surface area contributed by atoms with Gasteiger partial charge in [0, 0.05) is 23.2 Å². The van der Waals surface area contributed by atoms with Gasteiger partial charge in [-0.3, -0.25) is 0 Å². The molecule has 0 bridgehead atoms. The topological polar surface area (TPSA) is 63.4 Å². The van der Waals surface area contributed by atoms with Gasteiger partial charge in [0.2, 0.25) is 10.0 Å². The molecule has 1 heterocycles. The van der Waals surface area contributed by atoms with Crippen LogP contribution in [0.4, 0.5) is 5.69 Å². The van der Waals surface area contributed by atoms with Crippen molar-refractivity contribution in [2.45, 2.75) is 37.5 Å². The minimum atomic E-state index is -3.46. The Morgan fingerprint density at radius 2 is 2.10 bits per heavy atom. The zero-order valence-electron chi connectivity index (χ0n) is 11.7. The van der Waals surface area contributed by atoms with Crippen LogP contribution in [0, 0.1) is 5.92 Å². The summed E-state index contributed by atoms with van der Waals surface area (Å²) in [6.07, 6.45) is 4.10. The van der Waals surface area contributed by atoms with Crippen LogP contribution in [0.2, 0.25) is 0 Å². The van der Waals surface area contributed by atoms with Gasteiger partial charge >= 0.3 is 0 Å². The second-order valence-corrected chi connectivity index (χ2v) is 8.06. The Hall–Kier alpha value is -0.590. The van der Waals surface area contributed by atoms with E-state index in [9.17, 15) is 8.42 Å². The zero-order chi connectivity index (χ0) is 14.8. The Morgan fingerprint density at radius 3 is 2.80 bits per heavy atom. The van der Waals surface area contributed by atoms with Crippen molar-refractivity contribution in [1.82, 2.24) is 4.31 Å². The average Bonchev–Trinajstić information content (AvgIpc) is 2.67. The number of anilines is 1. The SMILES string of the molecule is CCC1CCCN(S(=O)(=O)c2cc(N)ccc2Br)CC1. The molecule has 1 aromatic carbocycles. The number of sulfonamides is 1. The highest BCUT2D eigenvalue weighted by molar-refractivity contribution is 9.10. The molecular formula is C14H21BrN2O2S. The predicted octanol–water partition coefficient (Wildman–Crippen LogP) is 3.23. The van der Waals surface area contributed by atoms with Gasteiger partial charge in [-0.15, -0.1) is 0 Å². The molecule has 1 aliphatic heterocycles. The maximum Gasteiger partial charge on any atom is 0.244 e. The highest BCUT2D eigenvalue weighted by Crippen LogP contribution is 2.30. The summed E-state index contributed by atoms with van der Waals surface area (Å²) < 4.78 is 27.7. The van der Waals surface area contributed by atoms with Gasteiger partial charge in [-0.2, -0.15) is 4.31 Å². The monoisotopic (exact) mass is 360 g/mol. The van der Waals surface area contributed by atoms with E-state index in [1.165, 1.54) is 6.07 Å². The molecular weight excluding hydrogens is 340 g/mol. The number of benzene rings is 1. The summed E-state index contributed by atoms with van der Waals surface area (Å²) in [6.45, 7) is 3.37. The van der Waals surface area contributed by atoms with E-state index in [2.05, 4.69) is 22.9 Å². The number of halogens is 1. The summed E-state index contributed by atoms with van der Waals surface area (Å²) in [5.41, 5.74) is 6.19. The molecule has 4 nitrogen and oxygen atoms in total. The summed E-state index contributed by atoms with van der Waals surface area (Å²) >= 11 is 3.32. The van der Waals surface area contributed by atoms with Crippen LogP contribution >= 0.6 is 15.9 Å². The molecule has 1 atom stereocenters. The molecule has 0 spiro atoms. The Balaban J connectivity index is 2.28. The summed E-state index contributed by atoms with van der Waals surface area (Å²) in [4.78, 5) is 0.271. The van der Waals surface area contributed by atoms with Gasteiger partial charge < -0.3 is 5.73 Å². The predicted molar refractivity (Wildman–Crippen MR) is 84.9 cm³/mol. The van der Waals surface area contributed by atoms with E-state index >= 15 is 0 Å². The smallest absolute Gasteiger partial charge is 0.244 e. The van der Waals surface area contributed by atoms with E-state index in [0.29, 0.717) is 29.2 Å². The van der Waals surface area contributed by atoms with Crippen LogP contribution in [0.3, 0.4) is 0 Å². The van der Waals surface area contributed by atoms with Crippen molar-refractivity contribution in [1.29, 1.82) is 0 Å². The highest BCUT2D eigenvalue weighted by Gasteiger charge is 2.28. The average molecular weight is 361 g/mol. The van der Waals surface area contributed by atoms with Crippen LogP contribution in [-0.2, 0) is 10.0 Å². The molecule has 0 saturated carbocycles. The van der Waals surface area contributed by atoms with Gasteiger partial charge in [0.25, 0.3) is 0 Å². The third-order valence-electron chi connectivity index (χ3n) is 3.96. The Labute approximate surface area is 129 Å². The molecule has 2 rings (SSSR count). The van der Waals surface area contributed by atoms with Gasteiger partial charge in [0.15, 0.2) is 0 Å². The Morgan fingerprint density at radius 1 is 1.35 bits per heavy atom. The summed E-state index contributed by atoms with van der Waals surface area (Å²) in [6, 6.07) is 4.91. The van der Waals surface area contributed by atoms with Crippen molar-refractivity contribution in [2.75, 3.05) is 18.8 Å². The molecule has 6 heteroatoms. The number of nitrogens with zero attached hydrogens (tertiary/aromatic N) is 1. The van der Waals surface area contributed by atoms with Gasteiger partial charge in [0.1, 0.15) is 0 Å². The number of hydrogen-bond donors (Lipinski definition) is 1. The molecule has 1 saturated heterocycles. The molecule has 20 heavy (non-hydrogen) atoms. The minimum absolute atomic E-state index is 0.271. The van der Waals surface area contributed by atoms with Crippen LogP contribution in [-0.4, -0.2) is 25.8 Å². The van der Waals surface area contributed by atoms with E-state index in [-0.39, 0.29) is 4.90 Å². The summed E-state index contributed by atoms with van der Waals surface area (Å²) in [5.74, 6) is 0.638. The van der Waals surface area contributed by atoms with Crippen molar-refractivity contribution in [2.24, 2.45) is 5.92 Å². The zero-order valence-corrected chi connectivity index (χ0v) is 14.1. The Kier molecular flexibility index (Phi) is 5.09. The quantitative estimate of drug-likeness (QED) is 0.841. The summed E-state index contributed by atoms with van der Waals surface area (Å²) in [7, 11) is -3.46. The first-order chi connectivity index (χ1) is 9.45. The maximum absolute atomic E-state index is 12.7. The lowest BCUT2D eigenvalue weighted by Crippen LogP contribution is -2.32. The van der Waals surface area contributed by atoms with Crippen LogP contribution in [0.25, 0.3) is 0 Å². The van der Waals surface area contributed by atoms with Crippen LogP contribution in [0.5, 0.6) is 0 Å². The molecule has 0 radical (unpaired) electrons. The normalized spacial score (nSPS) is 21.6. The first-order valence-electron chi connectivity index (χ1n) is 7.00. The molecule has 0 aromatic heterocycles. The third kappa shape index (κ3) is 3.35. The van der Waals surface area contributed by atoms with Crippen molar-refractivity contribution in [3.8, 4) is 0 Å². The maximum atomic E-state index is 12.7. The fraction of sp³-hybridized carbons (Fsp3) is 0.571. The molecule has 0 amide bonds. The fourth-order valence-electron chi connectivity index (χ4n) is 2.64. The van der Waals surface area contributed by atoms with Gasteiger partial charge in [-0.25, -0.2) is 8.42 Å². The number of nitrogens with two attached hydrogens (primary N) is 1. The molecule has 112 valence electrons. The molecule has 1 fully saturated rings. The van der Waals surface area contributed by atoms with E-state index in [1.54, 1.807) is 16.4 Å². The van der Waals surface area contributed by atoms with Crippen LogP contribution < -0.4 is 5.73 Å². The van der Waals surface area contributed by atoms with Crippen molar-refractivity contribution >= 4 is 31.6 Å². The Bertz CT molecular complexity index is 575. The lowest BCUT2D eigenvalue weighted by Gasteiger charge is -2.21. The van der Waals surface area contributed by atoms with E-state index in [0.717, 1.165) is 25.7 Å². The lowest BCUT2D eigenvalue weighted by atomic mass is 9.98. The summed E-state index contributed by atoms with van der Waals surface area (Å²) in [5, 5.41) is 0. The third-order valence-corrected chi connectivity index (χ3v) is 6.85. The van der Waals surface area contributed by atoms with Crippen LogP contribution in [0.1, 0.15) is 32.6 Å². The van der Waals surface area contributed by atoms with Crippen LogP contribution in [0.15, 0.2) is 27.6 Å². The first kappa shape index (κ1) is 15.8. The molecule has 1 aromatic rings.